The van der Waals surface area contributed by atoms with Crippen LogP contribution in [-0.4, -0.2) is 33.2 Å². The van der Waals surface area contributed by atoms with Gasteiger partial charge in [0.05, 0.1) is 32.5 Å². The van der Waals surface area contributed by atoms with Crippen LogP contribution in [-0.2, 0) is 12.8 Å². The number of carbonyl (C=O) groups excluding carboxylic acids is 2. The molecule has 0 radical (unpaired) electrons. The van der Waals surface area contributed by atoms with Gasteiger partial charge in [0.25, 0.3) is 5.91 Å². The highest BCUT2D eigenvalue weighted by molar-refractivity contribution is 7.16. The van der Waals surface area contributed by atoms with E-state index in [0.717, 1.165) is 29.8 Å². The van der Waals surface area contributed by atoms with Crippen molar-refractivity contribution in [3.8, 4) is 23.0 Å². The molecule has 1 aliphatic carbocycles. The molecule has 2 atom stereocenters. The van der Waals surface area contributed by atoms with Crippen molar-refractivity contribution in [2.45, 2.75) is 32.4 Å². The summed E-state index contributed by atoms with van der Waals surface area (Å²) in [6.45, 7) is 2.25. The number of hydrogen-bond acceptors (Lipinski definition) is 8. The predicted molar refractivity (Wildman–Crippen MR) is 137 cm³/mol. The Labute approximate surface area is 213 Å². The fourth-order valence-corrected chi connectivity index (χ4v) is 6.22. The maximum Gasteiger partial charge on any atom is 0.343 e. The van der Waals surface area contributed by atoms with Crippen LogP contribution in [0.5, 0.6) is 23.0 Å². The smallest absolute Gasteiger partial charge is 0.343 e. The third kappa shape index (κ3) is 4.24. The Morgan fingerprint density at radius 1 is 1.00 bits per heavy atom. The van der Waals surface area contributed by atoms with Crippen LogP contribution >= 0.6 is 11.3 Å². The molecule has 188 valence electrons. The van der Waals surface area contributed by atoms with Gasteiger partial charge >= 0.3 is 5.97 Å². The van der Waals surface area contributed by atoms with E-state index in [1.807, 2.05) is 12.1 Å². The molecular weight excluding hydrogens is 480 g/mol. The minimum Gasteiger partial charge on any atom is -0.493 e. The molecule has 36 heavy (non-hydrogen) atoms. The van der Waals surface area contributed by atoms with Crippen LogP contribution in [0.1, 0.15) is 56.2 Å². The van der Waals surface area contributed by atoms with Crippen molar-refractivity contribution in [1.82, 2.24) is 5.32 Å². The molecule has 2 heterocycles. The molecule has 0 bridgehead atoms. The number of ether oxygens (including phenoxy) is 4. The number of benzene rings is 2. The molecule has 9 heteroatoms. The van der Waals surface area contributed by atoms with Crippen molar-refractivity contribution >= 4 is 28.2 Å². The van der Waals surface area contributed by atoms with Gasteiger partial charge in [-0.05, 0) is 48.9 Å². The monoisotopic (exact) mass is 508 g/mol. The third-order valence-electron chi connectivity index (χ3n) is 6.62. The molecule has 3 aromatic rings. The normalized spacial score (nSPS) is 18.3. The fourth-order valence-electron chi connectivity index (χ4n) is 4.79. The van der Waals surface area contributed by atoms with Crippen LogP contribution in [0.2, 0.25) is 0 Å². The standard InChI is InChI=1S/C27H28N2O6S/c1-14-9-10-17-21(11-14)36-26-22(17)25(30)28-24(29-26)16-7-5-6-8-18(16)35-27(31)15-12-19(32-2)23(34-4)20(13-15)33-3/h5-8,12-14,24,29H,9-11H2,1-4H3,(H,28,30). The summed E-state index contributed by atoms with van der Waals surface area (Å²) in [6, 6.07) is 10.2. The number of anilines is 1. The van der Waals surface area contributed by atoms with E-state index in [1.165, 1.54) is 43.9 Å². The van der Waals surface area contributed by atoms with E-state index in [2.05, 4.69) is 17.6 Å². The number of fused-ring (bicyclic) bond motifs is 3. The summed E-state index contributed by atoms with van der Waals surface area (Å²) >= 11 is 1.65. The Morgan fingerprint density at radius 3 is 2.42 bits per heavy atom. The van der Waals surface area contributed by atoms with Gasteiger partial charge in [0.1, 0.15) is 16.9 Å². The van der Waals surface area contributed by atoms with Crippen LogP contribution in [0.3, 0.4) is 0 Å². The van der Waals surface area contributed by atoms with E-state index in [0.29, 0.717) is 34.5 Å². The zero-order chi connectivity index (χ0) is 25.4. The van der Waals surface area contributed by atoms with Crippen LogP contribution < -0.4 is 29.6 Å². The summed E-state index contributed by atoms with van der Waals surface area (Å²) in [5.41, 5.74) is 2.81. The summed E-state index contributed by atoms with van der Waals surface area (Å²) in [5.74, 6) is 1.34. The van der Waals surface area contributed by atoms with Gasteiger partial charge in [-0.15, -0.1) is 11.3 Å². The molecule has 0 fully saturated rings. The van der Waals surface area contributed by atoms with Gasteiger partial charge in [-0.3, -0.25) is 4.79 Å². The van der Waals surface area contributed by atoms with Crippen molar-refractivity contribution in [2.24, 2.45) is 5.92 Å². The minimum atomic E-state index is -0.592. The Hall–Kier alpha value is -3.72. The van der Waals surface area contributed by atoms with Gasteiger partial charge in [-0.2, -0.15) is 0 Å². The Morgan fingerprint density at radius 2 is 1.72 bits per heavy atom. The molecule has 2 unspecified atom stereocenters. The Kier molecular flexibility index (Phi) is 6.49. The topological polar surface area (TPSA) is 95.1 Å². The maximum absolute atomic E-state index is 13.1. The quantitative estimate of drug-likeness (QED) is 0.358. The first-order chi connectivity index (χ1) is 17.4. The molecule has 1 aliphatic heterocycles. The van der Waals surface area contributed by atoms with Gasteiger partial charge in [-0.25, -0.2) is 4.79 Å². The van der Waals surface area contributed by atoms with Crippen LogP contribution in [0, 0.1) is 5.92 Å². The molecule has 2 aliphatic rings. The number of amides is 1. The highest BCUT2D eigenvalue weighted by atomic mass is 32.1. The van der Waals surface area contributed by atoms with Gasteiger partial charge in [0.2, 0.25) is 5.75 Å². The van der Waals surface area contributed by atoms with E-state index in [4.69, 9.17) is 18.9 Å². The van der Waals surface area contributed by atoms with Crippen molar-refractivity contribution in [3.05, 3.63) is 63.5 Å². The van der Waals surface area contributed by atoms with Crippen molar-refractivity contribution < 1.29 is 28.5 Å². The highest BCUT2D eigenvalue weighted by Gasteiger charge is 2.34. The molecule has 0 saturated carbocycles. The second kappa shape index (κ2) is 9.73. The summed E-state index contributed by atoms with van der Waals surface area (Å²) in [7, 11) is 4.46. The lowest BCUT2D eigenvalue weighted by Gasteiger charge is -2.28. The van der Waals surface area contributed by atoms with Crippen molar-refractivity contribution in [3.63, 3.8) is 0 Å². The zero-order valence-electron chi connectivity index (χ0n) is 20.6. The Balaban J connectivity index is 1.43. The van der Waals surface area contributed by atoms with E-state index in [9.17, 15) is 9.59 Å². The van der Waals surface area contributed by atoms with E-state index in [1.54, 1.807) is 23.5 Å². The molecule has 2 N–H and O–H groups in total. The average Bonchev–Trinajstić information content (AvgIpc) is 3.25. The number of rotatable bonds is 6. The zero-order valence-corrected chi connectivity index (χ0v) is 21.4. The second-order valence-electron chi connectivity index (χ2n) is 8.95. The van der Waals surface area contributed by atoms with Crippen LogP contribution in [0.25, 0.3) is 0 Å². The number of thiophene rings is 1. The number of methoxy groups -OCH3 is 3. The van der Waals surface area contributed by atoms with Crippen LogP contribution in [0.4, 0.5) is 5.00 Å². The largest absolute Gasteiger partial charge is 0.493 e. The number of carbonyl (C=O) groups is 2. The average molecular weight is 509 g/mol. The van der Waals surface area contributed by atoms with Crippen molar-refractivity contribution in [1.29, 1.82) is 0 Å². The lowest BCUT2D eigenvalue weighted by atomic mass is 9.88. The molecule has 1 aromatic heterocycles. The molecule has 2 aromatic carbocycles. The highest BCUT2D eigenvalue weighted by Crippen LogP contribution is 2.43. The van der Waals surface area contributed by atoms with Gasteiger partial charge in [-0.1, -0.05) is 25.1 Å². The van der Waals surface area contributed by atoms with Gasteiger partial charge < -0.3 is 29.6 Å². The molecule has 5 rings (SSSR count). The first-order valence-electron chi connectivity index (χ1n) is 11.8. The van der Waals surface area contributed by atoms with E-state index < -0.39 is 12.1 Å². The maximum atomic E-state index is 13.1. The van der Waals surface area contributed by atoms with E-state index in [-0.39, 0.29) is 11.5 Å². The lowest BCUT2D eigenvalue weighted by molar-refractivity contribution is 0.0731. The van der Waals surface area contributed by atoms with E-state index >= 15 is 0 Å². The van der Waals surface area contributed by atoms with Crippen LogP contribution in [0.15, 0.2) is 36.4 Å². The number of esters is 1. The van der Waals surface area contributed by atoms with Gasteiger partial charge in [0, 0.05) is 10.4 Å². The molecule has 0 spiro atoms. The predicted octanol–water partition coefficient (Wildman–Crippen LogP) is 4.97. The molecule has 1 amide bonds. The molecule has 8 nitrogen and oxygen atoms in total. The summed E-state index contributed by atoms with van der Waals surface area (Å²) < 4.78 is 21.8. The second-order valence-corrected chi connectivity index (χ2v) is 10.1. The fraction of sp³-hybridized carbons (Fsp3) is 0.333. The minimum absolute atomic E-state index is 0.105. The number of para-hydroxylation sites is 1. The van der Waals surface area contributed by atoms with Crippen molar-refractivity contribution in [2.75, 3.05) is 26.6 Å². The number of hydrogen-bond donors (Lipinski definition) is 2. The SMILES string of the molecule is COc1cc(C(=O)Oc2ccccc2C2NC(=O)c3c(sc4c3CCC(C)C4)N2)cc(OC)c1OC. The lowest BCUT2D eigenvalue weighted by Crippen LogP contribution is -2.38. The summed E-state index contributed by atoms with van der Waals surface area (Å²) in [5, 5.41) is 7.38. The summed E-state index contributed by atoms with van der Waals surface area (Å²) in [4.78, 5) is 27.6. The first kappa shape index (κ1) is 24.0. The third-order valence-corrected chi connectivity index (χ3v) is 7.81. The first-order valence-corrected chi connectivity index (χ1v) is 12.6. The molecular formula is C27H28N2O6S. The number of nitrogens with one attached hydrogen (secondary N) is 2. The van der Waals surface area contributed by atoms with Gasteiger partial charge in [0.15, 0.2) is 11.5 Å². The Bertz CT molecular complexity index is 1310. The summed E-state index contributed by atoms with van der Waals surface area (Å²) in [6.07, 6.45) is 2.47. The molecule has 0 saturated heterocycles.